The molecule has 0 aliphatic rings. The number of hydrogen-bond acceptors (Lipinski definition) is 1. The summed E-state index contributed by atoms with van der Waals surface area (Å²) in [7, 11) is 0. The van der Waals surface area contributed by atoms with Crippen molar-refractivity contribution in [1.29, 1.82) is 0 Å². The van der Waals surface area contributed by atoms with E-state index < -0.39 is 0 Å². The molecule has 0 saturated carbocycles. The van der Waals surface area contributed by atoms with E-state index in [1.165, 1.54) is 52.7 Å². The minimum absolute atomic E-state index is 0.378. The van der Waals surface area contributed by atoms with Crippen LogP contribution in [-0.4, -0.2) is 6.54 Å². The van der Waals surface area contributed by atoms with Gasteiger partial charge in [-0.05, 0) is 109 Å². The molecule has 1 aromatic carbocycles. The van der Waals surface area contributed by atoms with E-state index in [1.807, 2.05) is 13.8 Å². The van der Waals surface area contributed by atoms with Crippen LogP contribution in [0.25, 0.3) is 0 Å². The van der Waals surface area contributed by atoms with Gasteiger partial charge in [-0.1, -0.05) is 94.2 Å². The molecule has 2 N–H and O–H groups in total. The summed E-state index contributed by atoms with van der Waals surface area (Å²) in [5, 5.41) is 0. The molecular weight excluding hydrogens is 410 g/mol. The Morgan fingerprint density at radius 1 is 0.971 bits per heavy atom. The largest absolute Gasteiger partial charge is 0.330 e. The van der Waals surface area contributed by atoms with Crippen LogP contribution in [0.2, 0.25) is 0 Å². The van der Waals surface area contributed by atoms with Crippen molar-refractivity contribution in [2.45, 2.75) is 109 Å². The minimum atomic E-state index is 0.378. The van der Waals surface area contributed by atoms with E-state index >= 15 is 0 Å². The van der Waals surface area contributed by atoms with Crippen LogP contribution in [0.4, 0.5) is 0 Å². The molecule has 1 nitrogen and oxygen atoms in total. The molecule has 0 spiro atoms. The highest BCUT2D eigenvalue weighted by molar-refractivity contribution is 5.35. The fourth-order valence-corrected chi connectivity index (χ4v) is 3.64. The Balaban J connectivity index is -0.000000401. The number of aryl methyl sites for hydroxylation is 3. The lowest BCUT2D eigenvalue weighted by atomic mass is 9.72. The van der Waals surface area contributed by atoms with Crippen LogP contribution in [0.5, 0.6) is 0 Å². The van der Waals surface area contributed by atoms with Crippen molar-refractivity contribution in [2.75, 3.05) is 6.54 Å². The highest BCUT2D eigenvalue weighted by Crippen LogP contribution is 2.34. The highest BCUT2D eigenvalue weighted by atomic mass is 14.6. The fraction of sp³-hybridized carbons (Fsp3) is 0.576. The number of allylic oxidation sites excluding steroid dienone is 6. The average molecular weight is 470 g/mol. The first-order chi connectivity index (χ1) is 15.7. The second kappa shape index (κ2) is 20.5. The van der Waals surface area contributed by atoms with Crippen molar-refractivity contribution in [3.8, 4) is 0 Å². The fourth-order valence-electron chi connectivity index (χ4n) is 3.64. The highest BCUT2D eigenvalue weighted by Gasteiger charge is 2.28. The normalized spacial score (nSPS) is 12.0. The molecule has 34 heavy (non-hydrogen) atoms. The van der Waals surface area contributed by atoms with Crippen LogP contribution in [0.15, 0.2) is 65.8 Å². The summed E-state index contributed by atoms with van der Waals surface area (Å²) in [5.41, 5.74) is 15.4. The maximum atomic E-state index is 5.77. The van der Waals surface area contributed by atoms with Crippen molar-refractivity contribution in [3.05, 3.63) is 82.5 Å². The van der Waals surface area contributed by atoms with Gasteiger partial charge in [-0.3, -0.25) is 0 Å². The molecule has 0 aliphatic heterocycles. The van der Waals surface area contributed by atoms with Gasteiger partial charge < -0.3 is 5.73 Å². The minimum Gasteiger partial charge on any atom is -0.330 e. The third-order valence-electron chi connectivity index (χ3n) is 6.71. The molecule has 1 atom stereocenters. The molecule has 0 aliphatic carbocycles. The number of benzene rings is 1. The molecule has 0 amide bonds. The maximum Gasteiger partial charge on any atom is -0.00206 e. The van der Waals surface area contributed by atoms with Gasteiger partial charge in [0, 0.05) is 0 Å². The van der Waals surface area contributed by atoms with Gasteiger partial charge in [0.25, 0.3) is 0 Å². The van der Waals surface area contributed by atoms with Gasteiger partial charge in [-0.2, -0.15) is 0 Å². The Hall–Kier alpha value is -1.86. The third kappa shape index (κ3) is 16.7. The molecular formula is C33H59N. The standard InChI is InChI=1S/C11H18.C10H23N.C9H12.C3H6/c1-8(2)7-10(5)11(6)9(3)4;1-5-9(6-2)10(4,7-3)8-11;1-7-4-5-8(2)9(3)6-7;1-3-2/h7H,1H2,2-6H3;9H,5-8,11H2,1-4H3;4-6H,1-3H3;3H,1H2,2H3/b10-7-;;;/t;10-;;/m.1../s1. The number of rotatable bonds is 7. The monoisotopic (exact) mass is 469 g/mol. The molecule has 1 aromatic rings. The summed E-state index contributed by atoms with van der Waals surface area (Å²) in [5.74, 6) is 0.803. The van der Waals surface area contributed by atoms with Crippen molar-refractivity contribution in [3.63, 3.8) is 0 Å². The molecule has 196 valence electrons. The van der Waals surface area contributed by atoms with Gasteiger partial charge in [-0.15, -0.1) is 6.58 Å². The van der Waals surface area contributed by atoms with Crippen LogP contribution in [0.3, 0.4) is 0 Å². The van der Waals surface area contributed by atoms with Crippen molar-refractivity contribution in [1.82, 2.24) is 0 Å². The van der Waals surface area contributed by atoms with Gasteiger partial charge in [-0.25, -0.2) is 0 Å². The Bertz CT molecular complexity index is 749. The lowest BCUT2D eigenvalue weighted by Crippen LogP contribution is -2.34. The molecule has 0 aromatic heterocycles. The summed E-state index contributed by atoms with van der Waals surface area (Å²) >= 11 is 0. The van der Waals surface area contributed by atoms with Gasteiger partial charge in [0.2, 0.25) is 0 Å². The molecule has 1 heteroatoms. The zero-order valence-electron chi connectivity index (χ0n) is 25.3. The number of hydrogen-bond donors (Lipinski definition) is 1. The van der Waals surface area contributed by atoms with Crippen molar-refractivity contribution >= 4 is 0 Å². The van der Waals surface area contributed by atoms with E-state index in [0.717, 1.165) is 18.0 Å². The zero-order valence-corrected chi connectivity index (χ0v) is 25.3. The van der Waals surface area contributed by atoms with E-state index in [-0.39, 0.29) is 0 Å². The third-order valence-corrected chi connectivity index (χ3v) is 6.71. The van der Waals surface area contributed by atoms with Gasteiger partial charge in [0.05, 0.1) is 0 Å². The van der Waals surface area contributed by atoms with E-state index in [9.17, 15) is 0 Å². The molecule has 0 unspecified atom stereocenters. The molecule has 0 saturated heterocycles. The van der Waals surface area contributed by atoms with E-state index in [0.29, 0.717) is 5.41 Å². The van der Waals surface area contributed by atoms with Crippen LogP contribution >= 0.6 is 0 Å². The van der Waals surface area contributed by atoms with E-state index in [1.54, 1.807) is 6.08 Å². The van der Waals surface area contributed by atoms with Gasteiger partial charge in [0.1, 0.15) is 0 Å². The molecule has 0 heterocycles. The summed E-state index contributed by atoms with van der Waals surface area (Å²) in [4.78, 5) is 0. The van der Waals surface area contributed by atoms with E-state index in [4.69, 9.17) is 5.73 Å². The summed E-state index contributed by atoms with van der Waals surface area (Å²) in [6.07, 6.45) is 7.59. The molecule has 0 fully saturated rings. The maximum absolute atomic E-state index is 5.77. The quantitative estimate of drug-likeness (QED) is 0.312. The molecule has 0 bridgehead atoms. The molecule has 1 rings (SSSR count). The van der Waals surface area contributed by atoms with Crippen LogP contribution in [-0.2, 0) is 0 Å². The Kier molecular flexibility index (Phi) is 22.1. The lowest BCUT2D eigenvalue weighted by molar-refractivity contribution is 0.175. The number of nitrogens with two attached hydrogens (primary N) is 1. The van der Waals surface area contributed by atoms with Crippen LogP contribution < -0.4 is 5.73 Å². The predicted molar refractivity (Wildman–Crippen MR) is 161 cm³/mol. The predicted octanol–water partition coefficient (Wildman–Crippen LogP) is 10.5. The smallest absolute Gasteiger partial charge is 0.00206 e. The summed E-state index contributed by atoms with van der Waals surface area (Å²) < 4.78 is 0. The SMILES string of the molecule is C=C(C)/C=C(/C)C(C)=C(C)C.C=CC.CCC(CC)[C@](C)(CC)CN.Cc1ccc(C)c(C)c1. The average Bonchev–Trinajstić information content (AvgIpc) is 2.77. The second-order valence-corrected chi connectivity index (χ2v) is 10.0. The van der Waals surface area contributed by atoms with Gasteiger partial charge >= 0.3 is 0 Å². The Morgan fingerprint density at radius 3 is 1.68 bits per heavy atom. The van der Waals surface area contributed by atoms with Gasteiger partial charge in [0.15, 0.2) is 0 Å². The first-order valence-electron chi connectivity index (χ1n) is 13.0. The van der Waals surface area contributed by atoms with Crippen LogP contribution in [0.1, 0.15) is 105 Å². The van der Waals surface area contributed by atoms with Crippen LogP contribution in [0, 0.1) is 32.1 Å². The Labute approximate surface area is 215 Å². The van der Waals surface area contributed by atoms with Crippen molar-refractivity contribution < 1.29 is 0 Å². The summed E-state index contributed by atoms with van der Waals surface area (Å²) in [6, 6.07) is 6.50. The first-order valence-corrected chi connectivity index (χ1v) is 13.0. The Morgan fingerprint density at radius 2 is 1.44 bits per heavy atom. The zero-order chi connectivity index (χ0) is 27.5. The topological polar surface area (TPSA) is 26.0 Å². The molecule has 0 radical (unpaired) electrons. The second-order valence-electron chi connectivity index (χ2n) is 10.0. The lowest BCUT2D eigenvalue weighted by Gasteiger charge is -2.34. The van der Waals surface area contributed by atoms with E-state index in [2.05, 4.69) is 114 Å². The summed E-state index contributed by atoms with van der Waals surface area (Å²) in [6.45, 7) is 35.9. The first kappa shape index (κ1) is 36.7. The van der Waals surface area contributed by atoms with Crippen molar-refractivity contribution in [2.24, 2.45) is 17.1 Å².